The minimum absolute atomic E-state index is 0.789. The van der Waals surface area contributed by atoms with E-state index in [0.29, 0.717) is 0 Å². The van der Waals surface area contributed by atoms with Crippen LogP contribution in [0.4, 0.5) is 5.69 Å². The Morgan fingerprint density at radius 2 is 1.11 bits per heavy atom. The van der Waals surface area contributed by atoms with Crippen molar-refractivity contribution in [2.24, 2.45) is 0 Å². The van der Waals surface area contributed by atoms with Gasteiger partial charge in [0.25, 0.3) is 0 Å². The van der Waals surface area contributed by atoms with Crippen molar-refractivity contribution in [2.45, 2.75) is 0 Å². The fraction of sp³-hybridized carbons (Fsp3) is 0. The van der Waals surface area contributed by atoms with Crippen LogP contribution in [0.5, 0.6) is 0 Å². The van der Waals surface area contributed by atoms with E-state index in [2.05, 4.69) is 84.9 Å². The van der Waals surface area contributed by atoms with Crippen molar-refractivity contribution in [1.29, 1.82) is 0 Å². The van der Waals surface area contributed by atoms with Crippen LogP contribution in [-0.4, -0.2) is 0 Å². The highest BCUT2D eigenvalue weighted by Gasteiger charge is 2.08. The third kappa shape index (κ3) is 2.74. The molecular weight excluding hydrogens is 326 g/mol. The molecule has 2 N–H and O–H groups in total. The predicted molar refractivity (Wildman–Crippen MR) is 117 cm³/mol. The molecule has 5 aromatic carbocycles. The number of hydrogen-bond acceptors (Lipinski definition) is 1. The first kappa shape index (κ1) is 15.7. The number of rotatable bonds is 2. The van der Waals surface area contributed by atoms with Crippen molar-refractivity contribution >= 4 is 27.2 Å². The number of nitrogen functional groups attached to an aromatic ring is 1. The van der Waals surface area contributed by atoms with Crippen molar-refractivity contribution in [3.8, 4) is 22.3 Å². The zero-order valence-corrected chi connectivity index (χ0v) is 14.9. The maximum absolute atomic E-state index is 5.93. The summed E-state index contributed by atoms with van der Waals surface area (Å²) in [4.78, 5) is 0. The fourth-order valence-corrected chi connectivity index (χ4v) is 3.85. The van der Waals surface area contributed by atoms with Crippen LogP contribution >= 0.6 is 0 Å². The highest BCUT2D eigenvalue weighted by molar-refractivity contribution is 6.13. The van der Waals surface area contributed by atoms with E-state index in [0.717, 1.165) is 11.3 Å². The molecule has 1 nitrogen and oxygen atoms in total. The molecule has 0 spiro atoms. The van der Waals surface area contributed by atoms with Crippen LogP contribution in [0.1, 0.15) is 0 Å². The smallest absolute Gasteiger partial charge is 0.0320 e. The van der Waals surface area contributed by atoms with Gasteiger partial charge < -0.3 is 5.73 Å². The summed E-state index contributed by atoms with van der Waals surface area (Å²) in [5.74, 6) is 0. The van der Waals surface area contributed by atoms with Crippen LogP contribution in [-0.2, 0) is 0 Å². The number of anilines is 1. The molecule has 0 saturated carbocycles. The van der Waals surface area contributed by atoms with E-state index in [1.807, 2.05) is 18.2 Å². The Morgan fingerprint density at radius 1 is 0.444 bits per heavy atom. The third-order valence-electron chi connectivity index (χ3n) is 5.18. The molecule has 0 aliphatic heterocycles. The molecule has 0 heterocycles. The molecule has 5 rings (SSSR count). The molecule has 0 aromatic heterocycles. The standard InChI is InChI=1S/C26H19N/c27-22-8-5-7-20(16-22)18-12-14-19(15-13-18)26-17-21-6-1-2-9-23(21)24-10-3-4-11-25(24)26/h1-17H,27H2. The minimum Gasteiger partial charge on any atom is -0.399 e. The monoisotopic (exact) mass is 345 g/mol. The molecule has 128 valence electrons. The summed E-state index contributed by atoms with van der Waals surface area (Å²) in [7, 11) is 0. The van der Waals surface area contributed by atoms with E-state index in [1.54, 1.807) is 0 Å². The Hall–Kier alpha value is -3.58. The van der Waals surface area contributed by atoms with E-state index in [4.69, 9.17) is 5.73 Å². The highest BCUT2D eigenvalue weighted by Crippen LogP contribution is 2.35. The Kier molecular flexibility index (Phi) is 3.65. The molecule has 0 radical (unpaired) electrons. The maximum atomic E-state index is 5.93. The lowest BCUT2D eigenvalue weighted by Gasteiger charge is -2.12. The summed E-state index contributed by atoms with van der Waals surface area (Å²) in [6, 6.07) is 36.3. The zero-order chi connectivity index (χ0) is 18.2. The number of fused-ring (bicyclic) bond motifs is 3. The molecule has 0 fully saturated rings. The van der Waals surface area contributed by atoms with E-state index in [-0.39, 0.29) is 0 Å². The van der Waals surface area contributed by atoms with Gasteiger partial charge in [-0.15, -0.1) is 0 Å². The second-order valence-electron chi connectivity index (χ2n) is 6.89. The number of benzene rings is 5. The van der Waals surface area contributed by atoms with Crippen molar-refractivity contribution < 1.29 is 0 Å². The number of nitrogens with two attached hydrogens (primary N) is 1. The molecule has 0 bridgehead atoms. The lowest BCUT2D eigenvalue weighted by atomic mass is 9.92. The van der Waals surface area contributed by atoms with Gasteiger partial charge in [0.2, 0.25) is 0 Å². The first-order valence-corrected chi connectivity index (χ1v) is 9.16. The van der Waals surface area contributed by atoms with Crippen LogP contribution in [0.3, 0.4) is 0 Å². The van der Waals surface area contributed by atoms with Crippen molar-refractivity contribution in [2.75, 3.05) is 5.73 Å². The predicted octanol–water partition coefficient (Wildman–Crippen LogP) is 6.91. The van der Waals surface area contributed by atoms with Gasteiger partial charge in [0.05, 0.1) is 0 Å². The Morgan fingerprint density at radius 3 is 1.89 bits per heavy atom. The summed E-state index contributed by atoms with van der Waals surface area (Å²) in [5, 5.41) is 5.15. The molecule has 0 amide bonds. The van der Waals surface area contributed by atoms with Gasteiger partial charge >= 0.3 is 0 Å². The second kappa shape index (κ2) is 6.30. The summed E-state index contributed by atoms with van der Waals surface area (Å²) in [5.41, 5.74) is 11.5. The molecule has 0 atom stereocenters. The molecule has 0 saturated heterocycles. The van der Waals surface area contributed by atoms with Gasteiger partial charge in [-0.3, -0.25) is 0 Å². The first-order chi connectivity index (χ1) is 13.3. The third-order valence-corrected chi connectivity index (χ3v) is 5.18. The first-order valence-electron chi connectivity index (χ1n) is 9.16. The molecule has 27 heavy (non-hydrogen) atoms. The van der Waals surface area contributed by atoms with Crippen molar-refractivity contribution in [1.82, 2.24) is 0 Å². The lowest BCUT2D eigenvalue weighted by molar-refractivity contribution is 1.60. The molecule has 0 unspecified atom stereocenters. The Balaban J connectivity index is 1.69. The largest absolute Gasteiger partial charge is 0.399 e. The van der Waals surface area contributed by atoms with E-state index < -0.39 is 0 Å². The highest BCUT2D eigenvalue weighted by atomic mass is 14.5. The van der Waals surface area contributed by atoms with Crippen molar-refractivity contribution in [3.05, 3.63) is 103 Å². The van der Waals surface area contributed by atoms with Gasteiger partial charge in [0.1, 0.15) is 0 Å². The average molecular weight is 345 g/mol. The SMILES string of the molecule is Nc1cccc(-c2ccc(-c3cc4ccccc4c4ccccc34)cc2)c1. The molecule has 0 aliphatic rings. The van der Waals surface area contributed by atoms with Gasteiger partial charge in [-0.2, -0.15) is 0 Å². The van der Waals surface area contributed by atoms with Gasteiger partial charge in [-0.05, 0) is 62.0 Å². The molecular formula is C26H19N. The summed E-state index contributed by atoms with van der Waals surface area (Å²) < 4.78 is 0. The fourth-order valence-electron chi connectivity index (χ4n) is 3.85. The average Bonchev–Trinajstić information content (AvgIpc) is 2.73. The normalized spacial score (nSPS) is 11.1. The van der Waals surface area contributed by atoms with E-state index in [9.17, 15) is 0 Å². The van der Waals surface area contributed by atoms with Crippen LogP contribution in [0.15, 0.2) is 103 Å². The Bertz CT molecular complexity index is 1270. The lowest BCUT2D eigenvalue weighted by Crippen LogP contribution is -1.86. The van der Waals surface area contributed by atoms with Gasteiger partial charge in [-0.25, -0.2) is 0 Å². The second-order valence-corrected chi connectivity index (χ2v) is 6.89. The van der Waals surface area contributed by atoms with Crippen LogP contribution in [0, 0.1) is 0 Å². The van der Waals surface area contributed by atoms with Crippen LogP contribution in [0.2, 0.25) is 0 Å². The van der Waals surface area contributed by atoms with Crippen molar-refractivity contribution in [3.63, 3.8) is 0 Å². The Labute approximate surface area is 158 Å². The molecule has 0 aliphatic carbocycles. The summed E-state index contributed by atoms with van der Waals surface area (Å²) in [6.45, 7) is 0. The van der Waals surface area contributed by atoms with E-state index in [1.165, 1.54) is 38.2 Å². The maximum Gasteiger partial charge on any atom is 0.0320 e. The topological polar surface area (TPSA) is 26.0 Å². The number of hydrogen-bond donors (Lipinski definition) is 1. The van der Waals surface area contributed by atoms with Crippen LogP contribution < -0.4 is 5.73 Å². The zero-order valence-electron chi connectivity index (χ0n) is 14.9. The summed E-state index contributed by atoms with van der Waals surface area (Å²) in [6.07, 6.45) is 0. The molecule has 1 heteroatoms. The van der Waals surface area contributed by atoms with Crippen LogP contribution in [0.25, 0.3) is 43.8 Å². The van der Waals surface area contributed by atoms with Gasteiger partial charge in [-0.1, -0.05) is 84.9 Å². The van der Waals surface area contributed by atoms with Gasteiger partial charge in [0.15, 0.2) is 0 Å². The van der Waals surface area contributed by atoms with E-state index >= 15 is 0 Å². The quantitative estimate of drug-likeness (QED) is 0.273. The molecule has 5 aromatic rings. The minimum atomic E-state index is 0.789. The van der Waals surface area contributed by atoms with Gasteiger partial charge in [0, 0.05) is 5.69 Å². The summed E-state index contributed by atoms with van der Waals surface area (Å²) >= 11 is 0.